The van der Waals surface area contributed by atoms with Crippen LogP contribution in [0, 0.1) is 11.3 Å². The lowest BCUT2D eigenvalue weighted by Crippen LogP contribution is -2.44. The molecule has 1 rings (SSSR count). The van der Waals surface area contributed by atoms with Crippen molar-refractivity contribution < 1.29 is 14.7 Å². The average molecular weight is 228 g/mol. The molecule has 0 aromatic carbocycles. The number of rotatable bonds is 3. The molecule has 2 amide bonds. The molecule has 0 aliphatic carbocycles. The molecule has 0 spiro atoms. The fraction of sp³-hybridized carbons (Fsp3) is 0.818. The number of carbonyl (C=O) groups excluding carboxylic acids is 1. The number of urea groups is 1. The number of aliphatic carboxylic acids is 1. The lowest BCUT2D eigenvalue weighted by Gasteiger charge is -2.22. The third kappa shape index (κ3) is 3.12. The molecule has 1 aliphatic rings. The number of hydrogen-bond acceptors (Lipinski definition) is 2. The molecular weight excluding hydrogens is 208 g/mol. The molecule has 1 saturated heterocycles. The maximum absolute atomic E-state index is 11.7. The molecular formula is C11H20N2O3. The molecule has 0 bridgehead atoms. The average Bonchev–Trinajstić information content (AvgIpc) is 2.61. The first kappa shape index (κ1) is 12.8. The molecule has 92 valence electrons. The number of amides is 2. The van der Waals surface area contributed by atoms with Crippen LogP contribution in [0.15, 0.2) is 0 Å². The van der Waals surface area contributed by atoms with E-state index >= 15 is 0 Å². The Bertz CT molecular complexity index is 289. The van der Waals surface area contributed by atoms with Crippen molar-refractivity contribution in [3.8, 4) is 0 Å². The summed E-state index contributed by atoms with van der Waals surface area (Å²) in [6.45, 7) is 6.99. The van der Waals surface area contributed by atoms with Crippen molar-refractivity contribution in [3.63, 3.8) is 0 Å². The topological polar surface area (TPSA) is 69.6 Å². The summed E-state index contributed by atoms with van der Waals surface area (Å²) < 4.78 is 0. The van der Waals surface area contributed by atoms with Crippen LogP contribution in [-0.4, -0.2) is 41.6 Å². The summed E-state index contributed by atoms with van der Waals surface area (Å²) in [5.41, 5.74) is -0.916. The van der Waals surface area contributed by atoms with Gasteiger partial charge in [0.05, 0.1) is 5.41 Å². The molecule has 1 atom stereocenters. The van der Waals surface area contributed by atoms with E-state index in [0.717, 1.165) is 19.5 Å². The Kier molecular flexibility index (Phi) is 3.78. The molecule has 0 saturated carbocycles. The van der Waals surface area contributed by atoms with Crippen LogP contribution in [0.2, 0.25) is 0 Å². The van der Waals surface area contributed by atoms with Gasteiger partial charge in [-0.2, -0.15) is 0 Å². The van der Waals surface area contributed by atoms with Crippen LogP contribution in [-0.2, 0) is 4.79 Å². The predicted octanol–water partition coefficient (Wildman–Crippen LogP) is 1.15. The van der Waals surface area contributed by atoms with E-state index in [2.05, 4.69) is 12.2 Å². The van der Waals surface area contributed by atoms with Gasteiger partial charge in [0.1, 0.15) is 0 Å². The van der Waals surface area contributed by atoms with Crippen LogP contribution in [0.3, 0.4) is 0 Å². The second-order valence-electron chi connectivity index (χ2n) is 5.19. The van der Waals surface area contributed by atoms with E-state index in [1.807, 2.05) is 0 Å². The molecule has 1 heterocycles. The van der Waals surface area contributed by atoms with Gasteiger partial charge in [0.2, 0.25) is 0 Å². The van der Waals surface area contributed by atoms with Gasteiger partial charge >= 0.3 is 12.0 Å². The number of carbonyl (C=O) groups is 2. The molecule has 0 aromatic rings. The zero-order chi connectivity index (χ0) is 12.3. The van der Waals surface area contributed by atoms with Gasteiger partial charge in [-0.15, -0.1) is 0 Å². The van der Waals surface area contributed by atoms with Crippen LogP contribution < -0.4 is 5.32 Å². The molecule has 5 nitrogen and oxygen atoms in total. The fourth-order valence-electron chi connectivity index (χ4n) is 1.60. The van der Waals surface area contributed by atoms with Crippen LogP contribution in [0.25, 0.3) is 0 Å². The molecule has 0 radical (unpaired) electrons. The summed E-state index contributed by atoms with van der Waals surface area (Å²) in [7, 11) is 0. The molecule has 5 heteroatoms. The Morgan fingerprint density at radius 3 is 2.56 bits per heavy atom. The summed E-state index contributed by atoms with van der Waals surface area (Å²) in [6, 6.07) is -0.154. The van der Waals surface area contributed by atoms with Gasteiger partial charge in [0, 0.05) is 19.6 Å². The highest BCUT2D eigenvalue weighted by Crippen LogP contribution is 2.16. The highest BCUT2D eigenvalue weighted by Gasteiger charge is 2.29. The minimum Gasteiger partial charge on any atom is -0.481 e. The van der Waals surface area contributed by atoms with E-state index in [0.29, 0.717) is 5.92 Å². The molecule has 2 N–H and O–H groups in total. The fourth-order valence-corrected chi connectivity index (χ4v) is 1.60. The Morgan fingerprint density at radius 1 is 1.50 bits per heavy atom. The van der Waals surface area contributed by atoms with Gasteiger partial charge in [-0.1, -0.05) is 6.92 Å². The van der Waals surface area contributed by atoms with Gasteiger partial charge in [-0.3, -0.25) is 4.79 Å². The zero-order valence-electron chi connectivity index (χ0n) is 10.1. The van der Waals surface area contributed by atoms with E-state index in [1.165, 1.54) is 0 Å². The monoisotopic (exact) mass is 228 g/mol. The number of hydrogen-bond donors (Lipinski definition) is 2. The first-order chi connectivity index (χ1) is 7.33. The summed E-state index contributed by atoms with van der Waals surface area (Å²) in [5, 5.41) is 11.6. The largest absolute Gasteiger partial charge is 0.481 e. The van der Waals surface area contributed by atoms with Crippen molar-refractivity contribution in [3.05, 3.63) is 0 Å². The first-order valence-corrected chi connectivity index (χ1v) is 5.59. The summed E-state index contributed by atoms with van der Waals surface area (Å²) in [5.74, 6) is -0.360. The van der Waals surface area contributed by atoms with Crippen molar-refractivity contribution in [1.82, 2.24) is 10.2 Å². The van der Waals surface area contributed by atoms with Gasteiger partial charge in [-0.05, 0) is 26.2 Å². The molecule has 1 unspecified atom stereocenters. The highest BCUT2D eigenvalue weighted by molar-refractivity contribution is 5.77. The molecule has 0 aromatic heterocycles. The second-order valence-corrected chi connectivity index (χ2v) is 5.19. The SMILES string of the molecule is CC1CCN(C(=O)NCC(C)(C)C(=O)O)C1. The maximum atomic E-state index is 11.7. The van der Waals surface area contributed by atoms with Crippen molar-refractivity contribution in [1.29, 1.82) is 0 Å². The number of nitrogens with zero attached hydrogens (tertiary/aromatic N) is 1. The van der Waals surface area contributed by atoms with Gasteiger partial charge < -0.3 is 15.3 Å². The van der Waals surface area contributed by atoms with E-state index in [4.69, 9.17) is 5.11 Å². The van der Waals surface area contributed by atoms with Gasteiger partial charge in [0.15, 0.2) is 0 Å². The Morgan fingerprint density at radius 2 is 2.12 bits per heavy atom. The van der Waals surface area contributed by atoms with E-state index in [1.54, 1.807) is 18.7 Å². The molecule has 16 heavy (non-hydrogen) atoms. The minimum absolute atomic E-state index is 0.154. The van der Waals surface area contributed by atoms with Gasteiger partial charge in [0.25, 0.3) is 0 Å². The predicted molar refractivity (Wildman–Crippen MR) is 60.2 cm³/mol. The Labute approximate surface area is 95.8 Å². The van der Waals surface area contributed by atoms with Crippen molar-refractivity contribution in [2.45, 2.75) is 27.2 Å². The zero-order valence-corrected chi connectivity index (χ0v) is 10.1. The Hall–Kier alpha value is -1.26. The van der Waals surface area contributed by atoms with Crippen molar-refractivity contribution in [2.24, 2.45) is 11.3 Å². The first-order valence-electron chi connectivity index (χ1n) is 5.59. The molecule has 1 fully saturated rings. The third-order valence-corrected chi connectivity index (χ3v) is 2.97. The number of carboxylic acid groups (broad SMARTS) is 1. The quantitative estimate of drug-likeness (QED) is 0.761. The maximum Gasteiger partial charge on any atom is 0.317 e. The summed E-state index contributed by atoms with van der Waals surface area (Å²) in [4.78, 5) is 24.3. The van der Waals surface area contributed by atoms with E-state index < -0.39 is 11.4 Å². The lowest BCUT2D eigenvalue weighted by molar-refractivity contribution is -0.146. The van der Waals surface area contributed by atoms with Gasteiger partial charge in [-0.25, -0.2) is 4.79 Å². The molecule has 1 aliphatic heterocycles. The van der Waals surface area contributed by atoms with Crippen molar-refractivity contribution in [2.75, 3.05) is 19.6 Å². The number of nitrogens with one attached hydrogen (secondary N) is 1. The second kappa shape index (κ2) is 4.72. The van der Waals surface area contributed by atoms with E-state index in [9.17, 15) is 9.59 Å². The summed E-state index contributed by atoms with van der Waals surface area (Å²) >= 11 is 0. The number of likely N-dealkylation sites (tertiary alicyclic amines) is 1. The van der Waals surface area contributed by atoms with Crippen LogP contribution in [0.4, 0.5) is 4.79 Å². The summed E-state index contributed by atoms with van der Waals surface area (Å²) in [6.07, 6.45) is 1.02. The number of carboxylic acids is 1. The lowest BCUT2D eigenvalue weighted by atomic mass is 9.94. The Balaban J connectivity index is 2.38. The normalized spacial score (nSPS) is 20.9. The smallest absolute Gasteiger partial charge is 0.317 e. The van der Waals surface area contributed by atoms with Crippen LogP contribution in [0.5, 0.6) is 0 Å². The van der Waals surface area contributed by atoms with Crippen molar-refractivity contribution >= 4 is 12.0 Å². The van der Waals surface area contributed by atoms with Crippen LogP contribution in [0.1, 0.15) is 27.2 Å². The third-order valence-electron chi connectivity index (χ3n) is 2.97. The minimum atomic E-state index is -0.916. The highest BCUT2D eigenvalue weighted by atomic mass is 16.4. The van der Waals surface area contributed by atoms with E-state index in [-0.39, 0.29) is 12.6 Å². The van der Waals surface area contributed by atoms with Crippen LogP contribution >= 0.6 is 0 Å². The standard InChI is InChI=1S/C11H20N2O3/c1-8-4-5-13(6-8)10(16)12-7-11(2,3)9(14)15/h8H,4-7H2,1-3H3,(H,12,16)(H,14,15).